The van der Waals surface area contributed by atoms with Crippen molar-refractivity contribution in [2.75, 3.05) is 18.5 Å². The maximum atomic E-state index is 12.6. The van der Waals surface area contributed by atoms with Gasteiger partial charge in [-0.2, -0.15) is 5.10 Å². The van der Waals surface area contributed by atoms with Gasteiger partial charge in [-0.1, -0.05) is 0 Å². The molecule has 8 nitrogen and oxygen atoms in total. The molecule has 4 rings (SSSR count). The van der Waals surface area contributed by atoms with Crippen LogP contribution in [-0.4, -0.2) is 44.4 Å². The van der Waals surface area contributed by atoms with E-state index in [0.29, 0.717) is 23.0 Å². The monoisotopic (exact) mass is 383 g/mol. The quantitative estimate of drug-likeness (QED) is 0.732. The van der Waals surface area contributed by atoms with E-state index in [1.807, 2.05) is 36.7 Å². The number of fused-ring (bicyclic) bond motifs is 1. The molecule has 4 heterocycles. The van der Waals surface area contributed by atoms with Crippen molar-refractivity contribution in [2.24, 2.45) is 7.05 Å². The molecule has 0 aromatic carbocycles. The Labute approximate surface area is 163 Å². The zero-order valence-electron chi connectivity index (χ0n) is 16.4. The van der Waals surface area contributed by atoms with Crippen LogP contribution < -0.4 is 10.1 Å². The Balaban J connectivity index is 1.67. The van der Waals surface area contributed by atoms with Gasteiger partial charge in [0.05, 0.1) is 11.8 Å². The summed E-state index contributed by atoms with van der Waals surface area (Å²) in [6.45, 7) is 5.44. The van der Waals surface area contributed by atoms with Crippen LogP contribution in [-0.2, 0) is 11.8 Å². The van der Waals surface area contributed by atoms with Gasteiger partial charge in [0.1, 0.15) is 17.1 Å². The van der Waals surface area contributed by atoms with Gasteiger partial charge in [-0.15, -0.1) is 0 Å². The lowest BCUT2D eigenvalue weighted by Gasteiger charge is -2.19. The highest BCUT2D eigenvalue weighted by Gasteiger charge is 2.20. The fraction of sp³-hybridized carbons (Fsp3) is 0.450. The van der Waals surface area contributed by atoms with Gasteiger partial charge in [0.2, 0.25) is 0 Å². The molecule has 3 aromatic rings. The minimum Gasteiger partial charge on any atom is -0.489 e. The summed E-state index contributed by atoms with van der Waals surface area (Å²) in [7, 11) is 1.78. The average molecular weight is 383 g/mol. The molecular weight excluding hydrogens is 358 g/mol. The van der Waals surface area contributed by atoms with Crippen molar-refractivity contribution >= 4 is 17.2 Å². The van der Waals surface area contributed by atoms with Crippen LogP contribution in [0.1, 0.15) is 48.8 Å². The lowest BCUT2D eigenvalue weighted by atomic mass is 9.97. The first-order valence-electron chi connectivity index (χ1n) is 9.57. The summed E-state index contributed by atoms with van der Waals surface area (Å²) in [4.78, 5) is 17.4. The van der Waals surface area contributed by atoms with E-state index in [2.05, 4.69) is 10.4 Å². The summed E-state index contributed by atoms with van der Waals surface area (Å²) in [5.74, 6) is 0.712. The van der Waals surface area contributed by atoms with Crippen LogP contribution >= 0.6 is 0 Å². The van der Waals surface area contributed by atoms with Gasteiger partial charge in [0.25, 0.3) is 5.91 Å². The summed E-state index contributed by atoms with van der Waals surface area (Å²) < 4.78 is 14.9. The van der Waals surface area contributed by atoms with Crippen LogP contribution in [0.15, 0.2) is 30.7 Å². The van der Waals surface area contributed by atoms with E-state index >= 15 is 0 Å². The molecule has 3 aromatic heterocycles. The topological polar surface area (TPSA) is 82.7 Å². The standard InChI is InChI=1S/C20H25N5O3/c1-13(2)28-18-10-19-21-16(14-5-8-27-9-6-14)11-25(19)12-17(18)22-20(26)15-4-7-24(3)23-15/h4,7,10-14H,5-6,8-9H2,1-3H3,(H,22,26). The van der Waals surface area contributed by atoms with Crippen LogP contribution in [0, 0.1) is 0 Å². The van der Waals surface area contributed by atoms with Gasteiger partial charge in [0.15, 0.2) is 5.69 Å². The van der Waals surface area contributed by atoms with E-state index < -0.39 is 0 Å². The Kier molecular flexibility index (Phi) is 5.04. The molecular formula is C20H25N5O3. The van der Waals surface area contributed by atoms with Gasteiger partial charge in [0, 0.05) is 50.8 Å². The van der Waals surface area contributed by atoms with Crippen LogP contribution in [0.2, 0.25) is 0 Å². The normalized spacial score (nSPS) is 15.3. The minimum absolute atomic E-state index is 0.0297. The molecule has 0 spiro atoms. The van der Waals surface area contributed by atoms with Crippen LogP contribution in [0.4, 0.5) is 5.69 Å². The Morgan fingerprint density at radius 3 is 2.79 bits per heavy atom. The van der Waals surface area contributed by atoms with Crippen molar-refractivity contribution in [2.45, 2.75) is 38.7 Å². The molecule has 0 saturated carbocycles. The minimum atomic E-state index is -0.279. The molecule has 28 heavy (non-hydrogen) atoms. The molecule has 0 bridgehead atoms. The molecule has 148 valence electrons. The summed E-state index contributed by atoms with van der Waals surface area (Å²) in [6, 6.07) is 3.55. The number of anilines is 1. The van der Waals surface area contributed by atoms with E-state index in [4.69, 9.17) is 14.5 Å². The third-order valence-electron chi connectivity index (χ3n) is 4.77. The third-order valence-corrected chi connectivity index (χ3v) is 4.77. The molecule has 1 fully saturated rings. The number of nitrogens with zero attached hydrogens (tertiary/aromatic N) is 4. The third kappa shape index (κ3) is 3.87. The Morgan fingerprint density at radius 1 is 1.32 bits per heavy atom. The van der Waals surface area contributed by atoms with E-state index in [-0.39, 0.29) is 12.0 Å². The maximum Gasteiger partial charge on any atom is 0.276 e. The Bertz CT molecular complexity index is 985. The number of ether oxygens (including phenoxy) is 2. The Hall–Kier alpha value is -2.87. The van der Waals surface area contributed by atoms with E-state index in [1.165, 1.54) is 0 Å². The molecule has 1 amide bonds. The van der Waals surface area contributed by atoms with Gasteiger partial charge < -0.3 is 19.2 Å². The first-order chi connectivity index (χ1) is 13.5. The van der Waals surface area contributed by atoms with Crippen molar-refractivity contribution in [3.8, 4) is 5.75 Å². The summed E-state index contributed by atoms with van der Waals surface area (Å²) in [6.07, 6.45) is 7.54. The number of pyridine rings is 1. The molecule has 0 unspecified atom stereocenters. The number of aromatic nitrogens is 4. The van der Waals surface area contributed by atoms with Crippen LogP contribution in [0.25, 0.3) is 5.65 Å². The number of carbonyl (C=O) groups is 1. The molecule has 1 N–H and O–H groups in total. The Morgan fingerprint density at radius 2 is 2.11 bits per heavy atom. The predicted octanol–water partition coefficient (Wildman–Crippen LogP) is 3.00. The highest BCUT2D eigenvalue weighted by Crippen LogP contribution is 2.31. The second-order valence-electron chi connectivity index (χ2n) is 7.36. The molecule has 1 saturated heterocycles. The second kappa shape index (κ2) is 7.63. The fourth-order valence-electron chi connectivity index (χ4n) is 3.39. The van der Waals surface area contributed by atoms with Crippen molar-refractivity contribution < 1.29 is 14.3 Å². The molecule has 0 radical (unpaired) electrons. The van der Waals surface area contributed by atoms with Crippen molar-refractivity contribution in [1.29, 1.82) is 0 Å². The highest BCUT2D eigenvalue weighted by atomic mass is 16.5. The van der Waals surface area contributed by atoms with Gasteiger partial charge in [-0.25, -0.2) is 4.98 Å². The number of hydrogen-bond donors (Lipinski definition) is 1. The first-order valence-corrected chi connectivity index (χ1v) is 9.57. The van der Waals surface area contributed by atoms with Crippen LogP contribution in [0.3, 0.4) is 0 Å². The lowest BCUT2D eigenvalue weighted by molar-refractivity contribution is 0.0846. The van der Waals surface area contributed by atoms with Gasteiger partial charge in [-0.05, 0) is 32.8 Å². The molecule has 1 aliphatic rings. The summed E-state index contributed by atoms with van der Waals surface area (Å²) in [5, 5.41) is 7.08. The van der Waals surface area contributed by atoms with Crippen molar-refractivity contribution in [3.05, 3.63) is 42.1 Å². The number of aryl methyl sites for hydroxylation is 1. The summed E-state index contributed by atoms with van der Waals surface area (Å²) in [5.41, 5.74) is 2.79. The van der Waals surface area contributed by atoms with E-state index in [1.54, 1.807) is 24.0 Å². The van der Waals surface area contributed by atoms with Crippen molar-refractivity contribution in [3.63, 3.8) is 0 Å². The average Bonchev–Trinajstić information content (AvgIpc) is 3.28. The molecule has 0 atom stereocenters. The number of nitrogens with one attached hydrogen (secondary N) is 1. The number of rotatable bonds is 5. The van der Waals surface area contributed by atoms with E-state index in [9.17, 15) is 4.79 Å². The predicted molar refractivity (Wildman–Crippen MR) is 105 cm³/mol. The SMILES string of the molecule is CC(C)Oc1cc2nc(C3CCOCC3)cn2cc1NC(=O)c1ccn(C)n1. The second-order valence-corrected chi connectivity index (χ2v) is 7.36. The number of amides is 1. The largest absolute Gasteiger partial charge is 0.489 e. The lowest BCUT2D eigenvalue weighted by Crippen LogP contribution is -2.16. The molecule has 8 heteroatoms. The number of imidazole rings is 1. The van der Waals surface area contributed by atoms with Gasteiger partial charge in [-0.3, -0.25) is 9.48 Å². The number of carbonyl (C=O) groups excluding carboxylic acids is 1. The van der Waals surface area contributed by atoms with Crippen molar-refractivity contribution in [1.82, 2.24) is 19.2 Å². The van der Waals surface area contributed by atoms with Gasteiger partial charge >= 0.3 is 0 Å². The zero-order valence-corrected chi connectivity index (χ0v) is 16.4. The molecule has 1 aliphatic heterocycles. The van der Waals surface area contributed by atoms with E-state index in [0.717, 1.165) is 37.4 Å². The fourth-order valence-corrected chi connectivity index (χ4v) is 3.39. The zero-order chi connectivity index (χ0) is 19.7. The smallest absolute Gasteiger partial charge is 0.276 e. The molecule has 0 aliphatic carbocycles. The maximum absolute atomic E-state index is 12.6. The first kappa shape index (κ1) is 18.5. The highest BCUT2D eigenvalue weighted by molar-refractivity contribution is 6.03. The number of hydrogen-bond acceptors (Lipinski definition) is 5. The summed E-state index contributed by atoms with van der Waals surface area (Å²) >= 11 is 0. The van der Waals surface area contributed by atoms with Crippen LogP contribution in [0.5, 0.6) is 5.75 Å².